The zero-order valence-electron chi connectivity index (χ0n) is 16.3. The maximum atomic E-state index is 13.2. The van der Waals surface area contributed by atoms with E-state index in [1.165, 1.54) is 36.0 Å². The van der Waals surface area contributed by atoms with E-state index >= 15 is 0 Å². The minimum atomic E-state index is -0.626. The number of benzene rings is 2. The van der Waals surface area contributed by atoms with Crippen molar-refractivity contribution in [2.75, 3.05) is 5.75 Å². The molecule has 0 bridgehead atoms. The van der Waals surface area contributed by atoms with Gasteiger partial charge in [0.15, 0.2) is 0 Å². The normalized spacial score (nSPS) is 20.2. The van der Waals surface area contributed by atoms with Gasteiger partial charge in [0.05, 0.1) is 11.3 Å². The van der Waals surface area contributed by atoms with E-state index < -0.39 is 6.04 Å². The summed E-state index contributed by atoms with van der Waals surface area (Å²) in [4.78, 5) is 25.2. The molecule has 1 aliphatic heterocycles. The molecule has 2 aromatic carbocycles. The molecule has 1 fully saturated rings. The lowest BCUT2D eigenvalue weighted by atomic mass is 9.95. The molecule has 7 heteroatoms. The number of thioether (sulfide) groups is 1. The number of amides is 2. The van der Waals surface area contributed by atoms with Crippen molar-refractivity contribution in [2.24, 2.45) is 5.92 Å². The third-order valence-corrected chi connectivity index (χ3v) is 6.23. The quantitative estimate of drug-likeness (QED) is 0.753. The second kappa shape index (κ2) is 9.39. The van der Waals surface area contributed by atoms with Crippen LogP contribution in [0.5, 0.6) is 0 Å². The number of rotatable bonds is 6. The van der Waals surface area contributed by atoms with E-state index in [9.17, 15) is 18.4 Å². The largest absolute Gasteiger partial charge is 0.347 e. The smallest absolute Gasteiger partial charge is 0.243 e. The Bertz CT molecular complexity index is 856. The average Bonchev–Trinajstić information content (AvgIpc) is 2.69. The van der Waals surface area contributed by atoms with E-state index in [-0.39, 0.29) is 40.7 Å². The first-order chi connectivity index (χ1) is 13.8. The van der Waals surface area contributed by atoms with Gasteiger partial charge in [-0.3, -0.25) is 9.59 Å². The molecule has 2 N–H and O–H groups in total. The van der Waals surface area contributed by atoms with Crippen molar-refractivity contribution in [3.63, 3.8) is 0 Å². The van der Waals surface area contributed by atoms with Gasteiger partial charge < -0.3 is 10.6 Å². The van der Waals surface area contributed by atoms with Crippen LogP contribution in [0.15, 0.2) is 48.5 Å². The predicted molar refractivity (Wildman–Crippen MR) is 110 cm³/mol. The Kier molecular flexibility index (Phi) is 6.90. The number of carbonyl (C=O) groups is 2. The molecule has 29 heavy (non-hydrogen) atoms. The molecule has 3 unspecified atom stereocenters. The molecule has 3 rings (SSSR count). The van der Waals surface area contributed by atoms with Crippen LogP contribution in [0.4, 0.5) is 8.78 Å². The second-order valence-electron chi connectivity index (χ2n) is 7.50. The number of nitrogens with one attached hydrogen (secondary N) is 2. The van der Waals surface area contributed by atoms with Crippen LogP contribution >= 0.6 is 11.8 Å². The van der Waals surface area contributed by atoms with Crippen LogP contribution in [0, 0.1) is 17.6 Å². The van der Waals surface area contributed by atoms with E-state index in [0.717, 1.165) is 11.1 Å². The van der Waals surface area contributed by atoms with Gasteiger partial charge in [0.25, 0.3) is 0 Å². The van der Waals surface area contributed by atoms with Crippen LogP contribution in [-0.2, 0) is 16.0 Å². The molecule has 0 spiro atoms. The highest BCUT2D eigenvalue weighted by Gasteiger charge is 2.33. The molecular formula is C22H24F2N2O2S. The monoisotopic (exact) mass is 418 g/mol. The minimum absolute atomic E-state index is 0.0996. The van der Waals surface area contributed by atoms with Gasteiger partial charge in [-0.2, -0.15) is 0 Å². The summed E-state index contributed by atoms with van der Waals surface area (Å²) in [5.41, 5.74) is 1.69. The third kappa shape index (κ3) is 5.56. The van der Waals surface area contributed by atoms with Crippen molar-refractivity contribution < 1.29 is 18.4 Å². The van der Waals surface area contributed by atoms with E-state index in [1.54, 1.807) is 24.3 Å². The number of halogens is 2. The molecule has 1 heterocycles. The molecule has 0 saturated carbocycles. The summed E-state index contributed by atoms with van der Waals surface area (Å²) in [6.07, 6.45) is 0.481. The molecule has 1 aliphatic rings. The first kappa shape index (κ1) is 21.3. The summed E-state index contributed by atoms with van der Waals surface area (Å²) in [5, 5.41) is 5.46. The maximum absolute atomic E-state index is 13.2. The first-order valence-electron chi connectivity index (χ1n) is 9.55. The zero-order chi connectivity index (χ0) is 21.0. The Morgan fingerprint density at radius 2 is 1.69 bits per heavy atom. The number of carbonyl (C=O) groups excluding carboxylic acids is 2. The molecular weight excluding hydrogens is 394 g/mol. The van der Waals surface area contributed by atoms with Crippen LogP contribution in [0.3, 0.4) is 0 Å². The predicted octanol–water partition coefficient (Wildman–Crippen LogP) is 3.62. The van der Waals surface area contributed by atoms with Crippen molar-refractivity contribution in [2.45, 2.75) is 37.6 Å². The lowest BCUT2D eigenvalue weighted by molar-refractivity contribution is -0.129. The van der Waals surface area contributed by atoms with Crippen LogP contribution in [0.25, 0.3) is 0 Å². The van der Waals surface area contributed by atoms with Gasteiger partial charge in [-0.25, -0.2) is 8.78 Å². The van der Waals surface area contributed by atoms with E-state index in [1.807, 2.05) is 13.8 Å². The van der Waals surface area contributed by atoms with Gasteiger partial charge >= 0.3 is 0 Å². The van der Waals surface area contributed by atoms with Crippen molar-refractivity contribution in [3.8, 4) is 0 Å². The third-order valence-electron chi connectivity index (χ3n) is 4.92. The SMILES string of the molecule is CC(C)C(NC(=O)C1CSC(Cc2ccc(F)cc2)C(=O)N1)c1ccc(F)cc1. The van der Waals surface area contributed by atoms with Crippen LogP contribution in [0.1, 0.15) is 31.0 Å². The average molecular weight is 419 g/mol. The summed E-state index contributed by atoms with van der Waals surface area (Å²) < 4.78 is 26.2. The fourth-order valence-corrected chi connectivity index (χ4v) is 4.47. The molecule has 0 aromatic heterocycles. The molecule has 0 aliphatic carbocycles. The summed E-state index contributed by atoms with van der Waals surface area (Å²) in [7, 11) is 0. The van der Waals surface area contributed by atoms with E-state index in [2.05, 4.69) is 10.6 Å². The van der Waals surface area contributed by atoms with Crippen molar-refractivity contribution in [1.29, 1.82) is 0 Å². The molecule has 2 aromatic rings. The van der Waals surface area contributed by atoms with E-state index in [4.69, 9.17) is 0 Å². The zero-order valence-corrected chi connectivity index (χ0v) is 17.1. The number of hydrogen-bond donors (Lipinski definition) is 2. The molecule has 4 nitrogen and oxygen atoms in total. The highest BCUT2D eigenvalue weighted by molar-refractivity contribution is 8.00. The van der Waals surface area contributed by atoms with Crippen LogP contribution in [-0.4, -0.2) is 28.9 Å². The van der Waals surface area contributed by atoms with Crippen molar-refractivity contribution in [1.82, 2.24) is 10.6 Å². The topological polar surface area (TPSA) is 58.2 Å². The van der Waals surface area contributed by atoms with Crippen molar-refractivity contribution >= 4 is 23.6 Å². The summed E-state index contributed by atoms with van der Waals surface area (Å²) in [6.45, 7) is 3.95. The highest BCUT2D eigenvalue weighted by atomic mass is 32.2. The Morgan fingerprint density at radius 3 is 2.24 bits per heavy atom. The second-order valence-corrected chi connectivity index (χ2v) is 8.73. The van der Waals surface area contributed by atoms with Crippen LogP contribution in [0.2, 0.25) is 0 Å². The fourth-order valence-electron chi connectivity index (χ4n) is 3.28. The molecule has 3 atom stereocenters. The maximum Gasteiger partial charge on any atom is 0.243 e. The summed E-state index contributed by atoms with van der Waals surface area (Å²) >= 11 is 1.42. The van der Waals surface area contributed by atoms with Gasteiger partial charge in [-0.15, -0.1) is 11.8 Å². The standard InChI is InChI=1S/C22H24F2N2O2S/c1-13(2)20(15-5-9-17(24)10-6-15)26-21(27)18-12-29-19(22(28)25-18)11-14-3-7-16(23)8-4-14/h3-10,13,18-20H,11-12H2,1-2H3,(H,25,28)(H,26,27). The van der Waals surface area contributed by atoms with Gasteiger partial charge in [0.1, 0.15) is 17.7 Å². The minimum Gasteiger partial charge on any atom is -0.347 e. The Labute approximate surface area is 173 Å². The van der Waals surface area contributed by atoms with E-state index in [0.29, 0.717) is 12.2 Å². The molecule has 154 valence electrons. The lowest BCUT2D eigenvalue weighted by Gasteiger charge is -2.30. The lowest BCUT2D eigenvalue weighted by Crippen LogP contribution is -2.55. The molecule has 0 radical (unpaired) electrons. The van der Waals surface area contributed by atoms with Gasteiger partial charge in [0, 0.05) is 5.75 Å². The van der Waals surface area contributed by atoms with Crippen molar-refractivity contribution in [3.05, 3.63) is 71.3 Å². The van der Waals surface area contributed by atoms with Crippen LogP contribution < -0.4 is 10.6 Å². The summed E-state index contributed by atoms with van der Waals surface area (Å²) in [6, 6.07) is 11.2. The fraction of sp³-hybridized carbons (Fsp3) is 0.364. The molecule has 2 amide bonds. The molecule has 1 saturated heterocycles. The van der Waals surface area contributed by atoms with Gasteiger partial charge in [0.2, 0.25) is 11.8 Å². The summed E-state index contributed by atoms with van der Waals surface area (Å²) in [5.74, 6) is -0.541. The first-order valence-corrected chi connectivity index (χ1v) is 10.6. The van der Waals surface area contributed by atoms with Gasteiger partial charge in [-0.05, 0) is 47.7 Å². The van der Waals surface area contributed by atoms with Gasteiger partial charge in [-0.1, -0.05) is 38.1 Å². The highest BCUT2D eigenvalue weighted by Crippen LogP contribution is 2.25. The Hall–Kier alpha value is -2.41. The Morgan fingerprint density at radius 1 is 1.10 bits per heavy atom. The number of hydrogen-bond acceptors (Lipinski definition) is 3. The Balaban J connectivity index is 1.59.